The molecule has 0 radical (unpaired) electrons. The third kappa shape index (κ3) is 4.11. The van der Waals surface area contributed by atoms with Gasteiger partial charge in [0.25, 0.3) is 0 Å². The largest absolute Gasteiger partial charge is 0.303 e. The molecule has 0 aliphatic carbocycles. The molecule has 2 aromatic rings. The molecule has 1 N–H and O–H groups in total. The van der Waals surface area contributed by atoms with Crippen LogP contribution in [0, 0.1) is 13.8 Å². The molecule has 3 rings (SSSR count). The number of nitrogens with zero attached hydrogens (tertiary/aromatic N) is 2. The molecule has 0 unspecified atom stereocenters. The highest BCUT2D eigenvalue weighted by atomic mass is 32.2. The topological polar surface area (TPSA) is 53.8 Å². The van der Waals surface area contributed by atoms with Crippen molar-refractivity contribution in [2.45, 2.75) is 25.5 Å². The molecule has 0 spiro atoms. The number of benzene rings is 2. The molecule has 2 aromatic carbocycles. The summed E-state index contributed by atoms with van der Waals surface area (Å²) in [6.45, 7) is 4.08. The minimum Gasteiger partial charge on any atom is -0.303 e. The van der Waals surface area contributed by atoms with Gasteiger partial charge in [0, 0.05) is 0 Å². The van der Waals surface area contributed by atoms with E-state index in [1.807, 2.05) is 43.3 Å². The van der Waals surface area contributed by atoms with Gasteiger partial charge in [0.05, 0.1) is 11.5 Å². The van der Waals surface area contributed by atoms with Crippen molar-refractivity contribution in [2.24, 2.45) is 10.2 Å². The SMILES string of the molecule is Cc1cccc(C[C@H]2S/C(=N\N=C/c3ccccc3C)NC2=O)c1. The Morgan fingerprint density at radius 2 is 2.00 bits per heavy atom. The van der Waals surface area contributed by atoms with E-state index in [1.165, 1.54) is 17.3 Å². The fourth-order valence-electron chi connectivity index (χ4n) is 2.51. The maximum atomic E-state index is 12.1. The summed E-state index contributed by atoms with van der Waals surface area (Å²) < 4.78 is 0. The van der Waals surface area contributed by atoms with Crippen LogP contribution in [0.3, 0.4) is 0 Å². The molecule has 1 saturated heterocycles. The number of rotatable bonds is 4. The number of amides is 1. The van der Waals surface area contributed by atoms with Crippen LogP contribution in [-0.4, -0.2) is 22.5 Å². The minimum absolute atomic E-state index is 0.00801. The highest BCUT2D eigenvalue weighted by Gasteiger charge is 2.30. The van der Waals surface area contributed by atoms with E-state index in [0.717, 1.165) is 16.7 Å². The van der Waals surface area contributed by atoms with Crippen LogP contribution in [0.2, 0.25) is 0 Å². The molecule has 0 saturated carbocycles. The van der Waals surface area contributed by atoms with Gasteiger partial charge in [-0.1, -0.05) is 65.9 Å². The zero-order chi connectivity index (χ0) is 16.9. The van der Waals surface area contributed by atoms with Crippen LogP contribution in [0.4, 0.5) is 0 Å². The number of thioether (sulfide) groups is 1. The van der Waals surface area contributed by atoms with Crippen molar-refractivity contribution in [1.82, 2.24) is 5.32 Å². The van der Waals surface area contributed by atoms with Crippen molar-refractivity contribution in [3.05, 3.63) is 70.8 Å². The number of carbonyl (C=O) groups excluding carboxylic acids is 1. The van der Waals surface area contributed by atoms with E-state index >= 15 is 0 Å². The molecule has 1 fully saturated rings. The van der Waals surface area contributed by atoms with Gasteiger partial charge in [0.1, 0.15) is 0 Å². The smallest absolute Gasteiger partial charge is 0.239 e. The van der Waals surface area contributed by atoms with Crippen LogP contribution in [0.15, 0.2) is 58.7 Å². The Morgan fingerprint density at radius 1 is 1.17 bits per heavy atom. The first-order valence-electron chi connectivity index (χ1n) is 7.81. The quantitative estimate of drug-likeness (QED) is 0.686. The highest BCUT2D eigenvalue weighted by Crippen LogP contribution is 2.23. The fourth-order valence-corrected chi connectivity index (χ4v) is 3.48. The second kappa shape index (κ2) is 7.45. The van der Waals surface area contributed by atoms with Crippen molar-refractivity contribution in [3.8, 4) is 0 Å². The van der Waals surface area contributed by atoms with Gasteiger partial charge in [0.2, 0.25) is 5.91 Å². The number of hydrogen-bond donors (Lipinski definition) is 1. The Kier molecular flexibility index (Phi) is 5.11. The summed E-state index contributed by atoms with van der Waals surface area (Å²) in [5, 5.41) is 11.4. The van der Waals surface area contributed by atoms with Crippen LogP contribution in [0.1, 0.15) is 22.3 Å². The zero-order valence-corrected chi connectivity index (χ0v) is 14.5. The summed E-state index contributed by atoms with van der Waals surface area (Å²) in [5.41, 5.74) is 4.52. The van der Waals surface area contributed by atoms with Crippen molar-refractivity contribution in [3.63, 3.8) is 0 Å². The summed E-state index contributed by atoms with van der Waals surface area (Å²) in [4.78, 5) is 12.1. The summed E-state index contributed by atoms with van der Waals surface area (Å²) in [7, 11) is 0. The van der Waals surface area contributed by atoms with Crippen molar-refractivity contribution in [1.29, 1.82) is 0 Å². The lowest BCUT2D eigenvalue weighted by Gasteiger charge is -2.05. The molecular weight excluding hydrogens is 318 g/mol. The second-order valence-corrected chi connectivity index (χ2v) is 6.99. The van der Waals surface area contributed by atoms with E-state index < -0.39 is 0 Å². The fraction of sp³-hybridized carbons (Fsp3) is 0.211. The van der Waals surface area contributed by atoms with Gasteiger partial charge in [-0.3, -0.25) is 4.79 Å². The maximum Gasteiger partial charge on any atom is 0.239 e. The molecule has 24 heavy (non-hydrogen) atoms. The maximum absolute atomic E-state index is 12.1. The summed E-state index contributed by atoms with van der Waals surface area (Å²) in [6, 6.07) is 16.2. The summed E-state index contributed by atoms with van der Waals surface area (Å²) in [5.74, 6) is -0.00801. The van der Waals surface area contributed by atoms with Gasteiger partial charge >= 0.3 is 0 Å². The van der Waals surface area contributed by atoms with Gasteiger partial charge in [-0.2, -0.15) is 5.10 Å². The third-order valence-electron chi connectivity index (χ3n) is 3.81. The molecule has 4 nitrogen and oxygen atoms in total. The van der Waals surface area contributed by atoms with Crippen LogP contribution < -0.4 is 5.32 Å². The first-order valence-corrected chi connectivity index (χ1v) is 8.69. The number of nitrogens with one attached hydrogen (secondary N) is 1. The number of amidine groups is 1. The predicted molar refractivity (Wildman–Crippen MR) is 101 cm³/mol. The lowest BCUT2D eigenvalue weighted by atomic mass is 10.1. The van der Waals surface area contributed by atoms with E-state index in [0.29, 0.717) is 11.6 Å². The van der Waals surface area contributed by atoms with Gasteiger partial charge < -0.3 is 5.32 Å². The van der Waals surface area contributed by atoms with Crippen molar-refractivity contribution < 1.29 is 4.79 Å². The molecule has 1 amide bonds. The van der Waals surface area contributed by atoms with Crippen LogP contribution in [0.5, 0.6) is 0 Å². The molecule has 0 aromatic heterocycles. The van der Waals surface area contributed by atoms with Gasteiger partial charge in [-0.15, -0.1) is 5.10 Å². The Balaban J connectivity index is 1.65. The summed E-state index contributed by atoms with van der Waals surface area (Å²) >= 11 is 1.43. The van der Waals surface area contributed by atoms with Crippen molar-refractivity contribution >= 4 is 29.1 Å². The third-order valence-corrected chi connectivity index (χ3v) is 4.89. The number of carbonyl (C=O) groups is 1. The Morgan fingerprint density at radius 3 is 2.79 bits per heavy atom. The minimum atomic E-state index is -0.154. The van der Waals surface area contributed by atoms with Crippen LogP contribution in [-0.2, 0) is 11.2 Å². The molecule has 5 heteroatoms. The van der Waals surface area contributed by atoms with Crippen LogP contribution >= 0.6 is 11.8 Å². The van der Waals surface area contributed by atoms with Crippen LogP contribution in [0.25, 0.3) is 0 Å². The highest BCUT2D eigenvalue weighted by molar-refractivity contribution is 8.15. The first kappa shape index (κ1) is 16.5. The Hall–Kier alpha value is -2.40. The molecule has 1 aliphatic heterocycles. The van der Waals surface area contributed by atoms with Gasteiger partial charge in [-0.25, -0.2) is 0 Å². The Labute approximate surface area is 146 Å². The summed E-state index contributed by atoms with van der Waals surface area (Å²) in [6.07, 6.45) is 2.40. The molecule has 122 valence electrons. The monoisotopic (exact) mass is 337 g/mol. The molecule has 1 aliphatic rings. The van der Waals surface area contributed by atoms with Crippen molar-refractivity contribution in [2.75, 3.05) is 0 Å². The number of aryl methyl sites for hydroxylation is 2. The standard InChI is InChI=1S/C19H19N3OS/c1-13-6-5-8-15(10-13)11-17-18(23)21-19(24-17)22-20-12-16-9-4-3-7-14(16)2/h3-10,12,17H,11H2,1-2H3,(H,21,22,23)/b20-12-/t17-/m1/s1. The normalized spacial score (nSPS) is 19.2. The van der Waals surface area contributed by atoms with E-state index in [1.54, 1.807) is 6.21 Å². The zero-order valence-electron chi connectivity index (χ0n) is 13.7. The average molecular weight is 337 g/mol. The molecule has 1 atom stereocenters. The molecule has 0 bridgehead atoms. The number of hydrogen-bond acceptors (Lipinski definition) is 4. The Bertz CT molecular complexity index is 814. The lowest BCUT2D eigenvalue weighted by molar-refractivity contribution is -0.118. The van der Waals surface area contributed by atoms with E-state index in [2.05, 4.69) is 34.6 Å². The first-order chi connectivity index (χ1) is 11.6. The van der Waals surface area contributed by atoms with E-state index in [4.69, 9.17) is 0 Å². The molecule has 1 heterocycles. The average Bonchev–Trinajstić information content (AvgIpc) is 2.89. The molecular formula is C19H19N3OS. The lowest BCUT2D eigenvalue weighted by Crippen LogP contribution is -2.25. The van der Waals surface area contributed by atoms with Gasteiger partial charge in [-0.05, 0) is 37.0 Å². The predicted octanol–water partition coefficient (Wildman–Crippen LogP) is 3.47. The van der Waals surface area contributed by atoms with E-state index in [-0.39, 0.29) is 11.2 Å². The van der Waals surface area contributed by atoms with Gasteiger partial charge in [0.15, 0.2) is 5.17 Å². The van der Waals surface area contributed by atoms with E-state index in [9.17, 15) is 4.79 Å². The second-order valence-electron chi connectivity index (χ2n) is 5.80.